The molecule has 0 spiro atoms. The van der Waals surface area contributed by atoms with Gasteiger partial charge in [0.1, 0.15) is 0 Å². The molecule has 0 unspecified atom stereocenters. The maximum Gasteiger partial charge on any atom is 0.315 e. The molecular formula is C19H20ClN5O3. The first-order chi connectivity index (χ1) is 13.5. The zero-order valence-corrected chi connectivity index (χ0v) is 16.0. The summed E-state index contributed by atoms with van der Waals surface area (Å²) in [5.41, 5.74) is 3.14. The van der Waals surface area contributed by atoms with Crippen LogP contribution in [0.3, 0.4) is 0 Å². The second-order valence-corrected chi connectivity index (χ2v) is 7.21. The monoisotopic (exact) mass is 401 g/mol. The van der Waals surface area contributed by atoms with Gasteiger partial charge in [-0.1, -0.05) is 11.6 Å². The largest absolute Gasteiger partial charge is 0.480 e. The molecule has 0 radical (unpaired) electrons. The van der Waals surface area contributed by atoms with Crippen LogP contribution in [0, 0.1) is 0 Å². The topological polar surface area (TPSA) is 112 Å². The second kappa shape index (κ2) is 7.65. The van der Waals surface area contributed by atoms with Crippen molar-refractivity contribution in [2.45, 2.75) is 31.5 Å². The first kappa shape index (κ1) is 18.5. The van der Waals surface area contributed by atoms with E-state index in [1.807, 2.05) is 18.2 Å². The number of methoxy groups -OCH3 is 1. The summed E-state index contributed by atoms with van der Waals surface area (Å²) < 4.78 is 5.03. The second-order valence-electron chi connectivity index (χ2n) is 6.81. The van der Waals surface area contributed by atoms with Crippen LogP contribution in [0.15, 0.2) is 30.6 Å². The van der Waals surface area contributed by atoms with Crippen molar-refractivity contribution in [2.24, 2.45) is 0 Å². The molecule has 2 aromatic heterocycles. The van der Waals surface area contributed by atoms with Crippen molar-refractivity contribution in [3.8, 4) is 17.1 Å². The van der Waals surface area contributed by atoms with Crippen LogP contribution < -0.4 is 15.4 Å². The van der Waals surface area contributed by atoms with Crippen molar-refractivity contribution in [1.29, 1.82) is 0 Å². The number of nitrogens with one attached hydrogen (secondary N) is 3. The lowest BCUT2D eigenvalue weighted by molar-refractivity contribution is 0.0663. The van der Waals surface area contributed by atoms with E-state index in [2.05, 4.69) is 25.6 Å². The molecule has 2 heterocycles. The molecule has 1 saturated carbocycles. The summed E-state index contributed by atoms with van der Waals surface area (Å²) in [5, 5.41) is 16.4. The number of rotatable bonds is 5. The third kappa shape index (κ3) is 3.88. The molecule has 2 amide bonds. The molecule has 1 fully saturated rings. The number of aromatic nitrogens is 3. The van der Waals surface area contributed by atoms with Crippen molar-refractivity contribution >= 4 is 28.5 Å². The quantitative estimate of drug-likeness (QED) is 0.525. The summed E-state index contributed by atoms with van der Waals surface area (Å²) in [6.45, 7) is 0.352. The van der Waals surface area contributed by atoms with Gasteiger partial charge >= 0.3 is 6.03 Å². The number of urea groups is 1. The lowest BCUT2D eigenvalue weighted by atomic mass is 9.90. The van der Waals surface area contributed by atoms with Crippen LogP contribution in [-0.4, -0.2) is 45.3 Å². The fourth-order valence-electron chi connectivity index (χ4n) is 3.18. The summed E-state index contributed by atoms with van der Waals surface area (Å²) in [7, 11) is 1.53. The average molecular weight is 402 g/mol. The van der Waals surface area contributed by atoms with Crippen molar-refractivity contribution in [3.63, 3.8) is 0 Å². The zero-order chi connectivity index (χ0) is 19.7. The number of hydrogen-bond acceptors (Lipinski definition) is 5. The fourth-order valence-corrected chi connectivity index (χ4v) is 3.45. The molecule has 0 atom stereocenters. The van der Waals surface area contributed by atoms with Crippen LogP contribution >= 0.6 is 11.6 Å². The van der Waals surface area contributed by atoms with Crippen molar-refractivity contribution < 1.29 is 14.6 Å². The van der Waals surface area contributed by atoms with Crippen LogP contribution in [0.1, 0.15) is 18.5 Å². The molecule has 1 aliphatic carbocycles. The Balaban J connectivity index is 1.47. The van der Waals surface area contributed by atoms with Crippen molar-refractivity contribution in [1.82, 2.24) is 25.6 Å². The van der Waals surface area contributed by atoms with Gasteiger partial charge in [-0.25, -0.2) is 14.8 Å². The molecule has 1 aliphatic rings. The summed E-state index contributed by atoms with van der Waals surface area (Å²) in [4.78, 5) is 23.7. The Kier molecular flexibility index (Phi) is 5.06. The predicted octanol–water partition coefficient (Wildman–Crippen LogP) is 2.61. The molecular weight excluding hydrogens is 382 g/mol. The first-order valence-corrected chi connectivity index (χ1v) is 9.29. The van der Waals surface area contributed by atoms with E-state index in [0.29, 0.717) is 36.0 Å². The van der Waals surface area contributed by atoms with Gasteiger partial charge < -0.3 is 25.5 Å². The molecule has 0 bridgehead atoms. The number of aliphatic hydroxyl groups excluding tert-OH is 1. The van der Waals surface area contributed by atoms with Crippen molar-refractivity contribution in [2.75, 3.05) is 7.11 Å². The number of hydrogen-bond donors (Lipinski definition) is 4. The molecule has 4 N–H and O–H groups in total. The van der Waals surface area contributed by atoms with E-state index in [1.165, 1.54) is 7.11 Å². The van der Waals surface area contributed by atoms with E-state index in [4.69, 9.17) is 16.3 Å². The number of aliphatic hydroxyl groups is 1. The molecule has 8 nitrogen and oxygen atoms in total. The third-order valence-corrected chi connectivity index (χ3v) is 5.08. The molecule has 0 aliphatic heterocycles. The highest BCUT2D eigenvalue weighted by molar-refractivity contribution is 6.34. The molecule has 28 heavy (non-hydrogen) atoms. The third-order valence-electron chi connectivity index (χ3n) is 4.77. The Morgan fingerprint density at radius 3 is 2.82 bits per heavy atom. The smallest absolute Gasteiger partial charge is 0.315 e. The number of carbonyl (C=O) groups excluding carboxylic acids is 1. The summed E-state index contributed by atoms with van der Waals surface area (Å²) in [6, 6.07) is 5.51. The summed E-state index contributed by atoms with van der Waals surface area (Å²) in [5.74, 6) is 0.434. The van der Waals surface area contributed by atoms with Crippen LogP contribution in [0.5, 0.6) is 5.88 Å². The highest BCUT2D eigenvalue weighted by atomic mass is 35.5. The van der Waals surface area contributed by atoms with E-state index in [-0.39, 0.29) is 18.2 Å². The van der Waals surface area contributed by atoms with Gasteiger partial charge in [0.15, 0.2) is 0 Å². The highest BCUT2D eigenvalue weighted by Gasteiger charge is 2.28. The number of benzene rings is 1. The molecule has 0 saturated heterocycles. The molecule has 9 heteroatoms. The van der Waals surface area contributed by atoms with Gasteiger partial charge in [-0.2, -0.15) is 0 Å². The Labute approximate surface area is 166 Å². The Morgan fingerprint density at radius 2 is 2.14 bits per heavy atom. The molecule has 4 rings (SSSR count). The predicted molar refractivity (Wildman–Crippen MR) is 105 cm³/mol. The van der Waals surface area contributed by atoms with Gasteiger partial charge in [-0.3, -0.25) is 0 Å². The minimum absolute atomic E-state index is 0.0460. The molecule has 146 valence electrons. The SMILES string of the molecule is COc1cnc(-c2cc3[nH]c(CNC(=O)NC4CC(O)C4)cc3cc2Cl)cn1. The van der Waals surface area contributed by atoms with E-state index in [1.54, 1.807) is 12.4 Å². The normalized spacial score (nSPS) is 18.5. The van der Waals surface area contributed by atoms with E-state index < -0.39 is 0 Å². The number of H-pyrrole nitrogens is 1. The number of halogens is 1. The Hall–Kier alpha value is -2.84. The average Bonchev–Trinajstić information content (AvgIpc) is 3.06. The number of aromatic amines is 1. The van der Waals surface area contributed by atoms with Gasteiger partial charge in [-0.05, 0) is 31.0 Å². The minimum Gasteiger partial charge on any atom is -0.480 e. The lowest BCUT2D eigenvalue weighted by Crippen LogP contribution is -2.50. The maximum atomic E-state index is 11.9. The minimum atomic E-state index is -0.298. The highest BCUT2D eigenvalue weighted by Crippen LogP contribution is 2.31. The maximum absolute atomic E-state index is 11.9. The van der Waals surface area contributed by atoms with Crippen LogP contribution in [0.25, 0.3) is 22.2 Å². The number of nitrogens with zero attached hydrogens (tertiary/aromatic N) is 2. The first-order valence-electron chi connectivity index (χ1n) is 8.92. The van der Waals surface area contributed by atoms with Crippen LogP contribution in [0.4, 0.5) is 4.79 Å². The standard InChI is InChI=1S/C19H20ClN5O3/c1-28-18-9-21-17(8-22-18)14-6-16-10(3-15(14)20)2-12(24-16)7-23-19(27)25-11-4-13(26)5-11/h2-3,6,8-9,11,13,24,26H,4-5,7H2,1H3,(H2,23,25,27). The van der Waals surface area contributed by atoms with Gasteiger partial charge in [-0.15, -0.1) is 0 Å². The van der Waals surface area contributed by atoms with Gasteiger partial charge in [0.05, 0.1) is 42.9 Å². The van der Waals surface area contributed by atoms with Crippen LogP contribution in [-0.2, 0) is 6.54 Å². The Morgan fingerprint density at radius 1 is 1.32 bits per heavy atom. The van der Waals surface area contributed by atoms with E-state index >= 15 is 0 Å². The fraction of sp³-hybridized carbons (Fsp3) is 0.316. The molecule has 3 aromatic rings. The van der Waals surface area contributed by atoms with Gasteiger partial charge in [0.2, 0.25) is 5.88 Å². The summed E-state index contributed by atoms with van der Waals surface area (Å²) in [6.07, 6.45) is 4.07. The number of carbonyl (C=O) groups is 1. The van der Waals surface area contributed by atoms with Gasteiger partial charge in [0, 0.05) is 28.2 Å². The van der Waals surface area contributed by atoms with Crippen LogP contribution in [0.2, 0.25) is 5.02 Å². The lowest BCUT2D eigenvalue weighted by Gasteiger charge is -2.31. The van der Waals surface area contributed by atoms with Gasteiger partial charge in [0.25, 0.3) is 0 Å². The summed E-state index contributed by atoms with van der Waals surface area (Å²) >= 11 is 6.43. The zero-order valence-electron chi connectivity index (χ0n) is 15.2. The Bertz CT molecular complexity index is 999. The molecule has 1 aromatic carbocycles. The number of fused-ring (bicyclic) bond motifs is 1. The number of ether oxygens (including phenoxy) is 1. The number of amides is 2. The van der Waals surface area contributed by atoms with E-state index in [9.17, 15) is 9.90 Å². The van der Waals surface area contributed by atoms with Crippen molar-refractivity contribution in [3.05, 3.63) is 41.3 Å². The van der Waals surface area contributed by atoms with E-state index in [0.717, 1.165) is 22.2 Å².